The minimum Gasteiger partial charge on any atom is -0.468 e. The van der Waals surface area contributed by atoms with Crippen LogP contribution in [0.3, 0.4) is 0 Å². The number of nitrogens with two attached hydrogens (primary N) is 1. The summed E-state index contributed by atoms with van der Waals surface area (Å²) in [4.78, 5) is 8.34. The zero-order valence-electron chi connectivity index (χ0n) is 8.75. The highest BCUT2D eigenvalue weighted by Gasteiger charge is 2.03. The van der Waals surface area contributed by atoms with Crippen LogP contribution >= 0.6 is 11.3 Å². The Labute approximate surface area is 97.4 Å². The second kappa shape index (κ2) is 4.76. The second-order valence-electron chi connectivity index (χ2n) is 3.04. The van der Waals surface area contributed by atoms with Crippen molar-refractivity contribution in [1.29, 1.82) is 0 Å². The molecular formula is C11H11N3OS. The fraction of sp³-hybridized carbons (Fsp3) is 0.0909. The minimum absolute atomic E-state index is 0.119. The molecule has 2 aromatic rings. The molecule has 0 bridgehead atoms. The van der Waals surface area contributed by atoms with Gasteiger partial charge in [0.25, 0.3) is 6.02 Å². The van der Waals surface area contributed by atoms with Gasteiger partial charge in [-0.15, -0.1) is 11.3 Å². The van der Waals surface area contributed by atoms with Crippen molar-refractivity contribution in [3.63, 3.8) is 0 Å². The number of amidine groups is 1. The Balaban J connectivity index is 2.27. The van der Waals surface area contributed by atoms with E-state index in [4.69, 9.17) is 10.5 Å². The standard InChI is InChI=1S/C11H11N3OS/c1-15-10(12)14-11-13-9(7-16-11)8-5-3-2-4-6-8/h2-7H,1H3,(H2,12,13,14). The van der Waals surface area contributed by atoms with E-state index in [0.717, 1.165) is 11.3 Å². The summed E-state index contributed by atoms with van der Waals surface area (Å²) >= 11 is 1.43. The van der Waals surface area contributed by atoms with Crippen LogP contribution in [0.1, 0.15) is 0 Å². The maximum Gasteiger partial charge on any atom is 0.289 e. The number of ether oxygens (including phenoxy) is 1. The van der Waals surface area contributed by atoms with E-state index in [2.05, 4.69) is 9.98 Å². The van der Waals surface area contributed by atoms with Gasteiger partial charge in [-0.2, -0.15) is 4.99 Å². The molecule has 0 aliphatic heterocycles. The highest BCUT2D eigenvalue weighted by molar-refractivity contribution is 7.13. The summed E-state index contributed by atoms with van der Waals surface area (Å²) in [6, 6.07) is 10.0. The van der Waals surface area contributed by atoms with Crippen molar-refractivity contribution in [2.75, 3.05) is 7.11 Å². The summed E-state index contributed by atoms with van der Waals surface area (Å²) in [5, 5.41) is 2.54. The number of hydrogen-bond donors (Lipinski definition) is 1. The van der Waals surface area contributed by atoms with Crippen molar-refractivity contribution in [3.8, 4) is 11.3 Å². The smallest absolute Gasteiger partial charge is 0.289 e. The molecule has 0 fully saturated rings. The molecule has 2 N–H and O–H groups in total. The SMILES string of the molecule is COC(N)=Nc1nc(-c2ccccc2)cs1. The molecule has 0 saturated carbocycles. The lowest BCUT2D eigenvalue weighted by Gasteiger charge is -1.94. The van der Waals surface area contributed by atoms with Crippen LogP contribution in [-0.2, 0) is 4.74 Å². The predicted octanol–water partition coefficient (Wildman–Crippen LogP) is 2.40. The van der Waals surface area contributed by atoms with Gasteiger partial charge in [0.1, 0.15) is 0 Å². The molecule has 16 heavy (non-hydrogen) atoms. The molecule has 0 saturated heterocycles. The molecule has 0 radical (unpaired) electrons. The Morgan fingerprint density at radius 1 is 1.38 bits per heavy atom. The minimum atomic E-state index is 0.119. The molecule has 0 unspecified atom stereocenters. The van der Waals surface area contributed by atoms with Crippen molar-refractivity contribution in [2.24, 2.45) is 10.7 Å². The van der Waals surface area contributed by atoms with Gasteiger partial charge in [-0.25, -0.2) is 4.98 Å². The van der Waals surface area contributed by atoms with Crippen LogP contribution in [-0.4, -0.2) is 18.1 Å². The maximum atomic E-state index is 5.45. The van der Waals surface area contributed by atoms with Crippen LogP contribution in [0.25, 0.3) is 11.3 Å². The Bertz CT molecular complexity index is 493. The lowest BCUT2D eigenvalue weighted by Crippen LogP contribution is -2.12. The molecule has 82 valence electrons. The van der Waals surface area contributed by atoms with Crippen molar-refractivity contribution in [1.82, 2.24) is 4.98 Å². The van der Waals surface area contributed by atoms with Crippen LogP contribution < -0.4 is 5.73 Å². The number of hydrogen-bond acceptors (Lipinski definition) is 4. The van der Waals surface area contributed by atoms with Gasteiger partial charge in [-0.05, 0) is 0 Å². The van der Waals surface area contributed by atoms with E-state index < -0.39 is 0 Å². The molecule has 0 spiro atoms. The zero-order chi connectivity index (χ0) is 11.4. The Morgan fingerprint density at radius 2 is 2.12 bits per heavy atom. The average Bonchev–Trinajstić information content (AvgIpc) is 2.78. The molecule has 0 amide bonds. The largest absolute Gasteiger partial charge is 0.468 e. The first-order valence-electron chi connectivity index (χ1n) is 4.68. The number of nitrogens with zero attached hydrogens (tertiary/aromatic N) is 2. The normalized spacial score (nSPS) is 11.4. The summed E-state index contributed by atoms with van der Waals surface area (Å²) in [6.45, 7) is 0. The van der Waals surface area contributed by atoms with E-state index in [1.165, 1.54) is 18.4 Å². The van der Waals surface area contributed by atoms with E-state index in [0.29, 0.717) is 5.13 Å². The van der Waals surface area contributed by atoms with E-state index in [1.807, 2.05) is 35.7 Å². The molecule has 5 heteroatoms. The first-order valence-corrected chi connectivity index (χ1v) is 5.56. The molecule has 0 aliphatic rings. The van der Waals surface area contributed by atoms with Gasteiger partial charge >= 0.3 is 0 Å². The average molecular weight is 233 g/mol. The first-order chi connectivity index (χ1) is 7.79. The summed E-state index contributed by atoms with van der Waals surface area (Å²) < 4.78 is 4.76. The number of benzene rings is 1. The van der Waals surface area contributed by atoms with Gasteiger partial charge in [0.05, 0.1) is 12.8 Å². The molecule has 1 aromatic carbocycles. The Kier molecular flexibility index (Phi) is 3.16. The highest BCUT2D eigenvalue weighted by Crippen LogP contribution is 2.26. The molecule has 1 aromatic heterocycles. The van der Waals surface area contributed by atoms with E-state index in [-0.39, 0.29) is 6.02 Å². The first kappa shape index (κ1) is 10.6. The highest BCUT2D eigenvalue weighted by atomic mass is 32.1. The van der Waals surface area contributed by atoms with Crippen LogP contribution in [0.5, 0.6) is 0 Å². The predicted molar refractivity (Wildman–Crippen MR) is 65.8 cm³/mol. The summed E-state index contributed by atoms with van der Waals surface area (Å²) in [5.74, 6) is 0. The van der Waals surface area contributed by atoms with E-state index in [1.54, 1.807) is 0 Å². The topological polar surface area (TPSA) is 60.5 Å². The Hall–Kier alpha value is -1.88. The lowest BCUT2D eigenvalue weighted by atomic mass is 10.2. The van der Waals surface area contributed by atoms with Gasteiger partial charge in [-0.3, -0.25) is 0 Å². The molecular weight excluding hydrogens is 222 g/mol. The molecule has 0 atom stereocenters. The third kappa shape index (κ3) is 2.38. The molecule has 1 heterocycles. The second-order valence-corrected chi connectivity index (χ2v) is 3.87. The Morgan fingerprint density at radius 3 is 2.81 bits per heavy atom. The van der Waals surface area contributed by atoms with Crippen LogP contribution in [0, 0.1) is 0 Å². The van der Waals surface area contributed by atoms with Gasteiger partial charge in [0, 0.05) is 10.9 Å². The molecule has 4 nitrogen and oxygen atoms in total. The fourth-order valence-corrected chi connectivity index (χ4v) is 1.90. The van der Waals surface area contributed by atoms with Crippen LogP contribution in [0.2, 0.25) is 0 Å². The monoisotopic (exact) mass is 233 g/mol. The number of aliphatic imine (C=N–C) groups is 1. The maximum absolute atomic E-state index is 5.45. The third-order valence-corrected chi connectivity index (χ3v) is 2.71. The zero-order valence-corrected chi connectivity index (χ0v) is 9.57. The molecule has 2 rings (SSSR count). The summed E-state index contributed by atoms with van der Waals surface area (Å²) in [6.07, 6.45) is 0. The van der Waals surface area contributed by atoms with Gasteiger partial charge in [0.15, 0.2) is 0 Å². The summed E-state index contributed by atoms with van der Waals surface area (Å²) in [7, 11) is 1.48. The van der Waals surface area contributed by atoms with Gasteiger partial charge < -0.3 is 10.5 Å². The van der Waals surface area contributed by atoms with Crippen molar-refractivity contribution < 1.29 is 4.74 Å². The third-order valence-electron chi connectivity index (χ3n) is 1.98. The number of methoxy groups -OCH3 is 1. The quantitative estimate of drug-likeness (QED) is 0.640. The van der Waals surface area contributed by atoms with E-state index in [9.17, 15) is 0 Å². The van der Waals surface area contributed by atoms with Crippen molar-refractivity contribution in [3.05, 3.63) is 35.7 Å². The molecule has 0 aliphatic carbocycles. The summed E-state index contributed by atoms with van der Waals surface area (Å²) in [5.41, 5.74) is 7.41. The fourth-order valence-electron chi connectivity index (χ4n) is 1.20. The van der Waals surface area contributed by atoms with Crippen molar-refractivity contribution >= 4 is 22.5 Å². The van der Waals surface area contributed by atoms with Crippen LogP contribution in [0.15, 0.2) is 40.7 Å². The van der Waals surface area contributed by atoms with Gasteiger partial charge in [-0.1, -0.05) is 30.3 Å². The van der Waals surface area contributed by atoms with Crippen molar-refractivity contribution in [2.45, 2.75) is 0 Å². The number of thiazole rings is 1. The lowest BCUT2D eigenvalue weighted by molar-refractivity contribution is 0.397. The number of aromatic nitrogens is 1. The van der Waals surface area contributed by atoms with Gasteiger partial charge in [0.2, 0.25) is 5.13 Å². The van der Waals surface area contributed by atoms with E-state index >= 15 is 0 Å². The van der Waals surface area contributed by atoms with Crippen LogP contribution in [0.4, 0.5) is 5.13 Å². The number of rotatable bonds is 2.